The third-order valence-corrected chi connectivity index (χ3v) is 3.51. The zero-order chi connectivity index (χ0) is 14.5. The lowest BCUT2D eigenvalue weighted by Crippen LogP contribution is -2.20. The van der Waals surface area contributed by atoms with E-state index in [1.54, 1.807) is 24.1 Å². The van der Waals surface area contributed by atoms with Crippen LogP contribution in [0.25, 0.3) is 0 Å². The van der Waals surface area contributed by atoms with Gasteiger partial charge in [-0.25, -0.2) is 9.67 Å². The normalized spacial score (nSPS) is 14.2. The minimum Gasteiger partial charge on any atom is -0.348 e. The minimum atomic E-state index is -0.328. The van der Waals surface area contributed by atoms with Crippen LogP contribution in [0.1, 0.15) is 57.0 Å². The summed E-state index contributed by atoms with van der Waals surface area (Å²) in [7, 11) is 0. The zero-order valence-corrected chi connectivity index (χ0v) is 12.2. The van der Waals surface area contributed by atoms with E-state index in [2.05, 4.69) is 34.1 Å². The van der Waals surface area contributed by atoms with E-state index < -0.39 is 0 Å². The van der Waals surface area contributed by atoms with E-state index in [1.165, 1.54) is 0 Å². The van der Waals surface area contributed by atoms with Gasteiger partial charge in [0.25, 0.3) is 0 Å². The molecule has 2 rings (SSSR count). The lowest BCUT2D eigenvalue weighted by Gasteiger charge is -2.12. The number of carbonyl (C=O) groups is 1. The maximum atomic E-state index is 11.9. The molecule has 108 valence electrons. The molecule has 0 radical (unpaired) electrons. The summed E-state index contributed by atoms with van der Waals surface area (Å²) in [5.74, 6) is 0.438. The van der Waals surface area contributed by atoms with Crippen molar-refractivity contribution < 1.29 is 4.79 Å². The number of H-pyrrole nitrogens is 1. The molecule has 0 bridgehead atoms. The molecule has 2 aromatic heterocycles. The molecule has 2 heterocycles. The standard InChI is InChI=1S/C14H21N5O/c1-4-5-10(2)13-8-19(18-17-13)14(11(3)20)6-12-7-15-9-16-12/h7-10,14H,4-6H2,1-3H3,(H,15,16)/t10?,14-/m0/s1. The van der Waals surface area contributed by atoms with Crippen LogP contribution in [0.2, 0.25) is 0 Å². The first-order valence-corrected chi connectivity index (χ1v) is 7.01. The zero-order valence-electron chi connectivity index (χ0n) is 12.2. The molecule has 0 aliphatic rings. The van der Waals surface area contributed by atoms with Crippen LogP contribution in [-0.2, 0) is 11.2 Å². The predicted octanol–water partition coefficient (Wildman–Crippen LogP) is 2.28. The van der Waals surface area contributed by atoms with Crippen molar-refractivity contribution >= 4 is 5.78 Å². The molecule has 0 fully saturated rings. The van der Waals surface area contributed by atoms with Gasteiger partial charge >= 0.3 is 0 Å². The first-order valence-electron chi connectivity index (χ1n) is 7.01. The molecular formula is C14H21N5O. The number of nitrogens with one attached hydrogen (secondary N) is 1. The van der Waals surface area contributed by atoms with Crippen molar-refractivity contribution in [2.24, 2.45) is 0 Å². The summed E-state index contributed by atoms with van der Waals surface area (Å²) in [6, 6.07) is -0.328. The number of nitrogens with zero attached hydrogens (tertiary/aromatic N) is 4. The molecule has 0 aliphatic carbocycles. The Morgan fingerprint density at radius 1 is 1.50 bits per heavy atom. The fraction of sp³-hybridized carbons (Fsp3) is 0.571. The molecule has 0 aromatic carbocycles. The van der Waals surface area contributed by atoms with Crippen molar-refractivity contribution in [3.05, 3.63) is 30.1 Å². The van der Waals surface area contributed by atoms with Crippen molar-refractivity contribution in [2.45, 2.75) is 52.0 Å². The van der Waals surface area contributed by atoms with E-state index in [1.807, 2.05) is 6.20 Å². The number of imidazole rings is 1. The van der Waals surface area contributed by atoms with E-state index in [-0.39, 0.29) is 11.8 Å². The van der Waals surface area contributed by atoms with Gasteiger partial charge in [-0.1, -0.05) is 25.5 Å². The molecule has 2 atom stereocenters. The van der Waals surface area contributed by atoms with Gasteiger partial charge in [0.05, 0.1) is 12.0 Å². The van der Waals surface area contributed by atoms with Crippen molar-refractivity contribution in [2.75, 3.05) is 0 Å². The second-order valence-corrected chi connectivity index (χ2v) is 5.22. The van der Waals surface area contributed by atoms with Gasteiger partial charge in [0, 0.05) is 30.4 Å². The van der Waals surface area contributed by atoms with Crippen LogP contribution in [-0.4, -0.2) is 30.7 Å². The van der Waals surface area contributed by atoms with E-state index in [4.69, 9.17) is 0 Å². The molecule has 1 N–H and O–H groups in total. The van der Waals surface area contributed by atoms with Gasteiger partial charge < -0.3 is 4.98 Å². The van der Waals surface area contributed by atoms with E-state index in [0.717, 1.165) is 24.2 Å². The highest BCUT2D eigenvalue weighted by molar-refractivity contribution is 5.80. The Hall–Kier alpha value is -1.98. The smallest absolute Gasteiger partial charge is 0.154 e. The summed E-state index contributed by atoms with van der Waals surface area (Å²) >= 11 is 0. The maximum absolute atomic E-state index is 11.9. The molecule has 20 heavy (non-hydrogen) atoms. The Morgan fingerprint density at radius 3 is 2.90 bits per heavy atom. The molecule has 0 saturated carbocycles. The third kappa shape index (κ3) is 3.31. The summed E-state index contributed by atoms with van der Waals surface area (Å²) in [6.07, 6.45) is 7.97. The first-order chi connectivity index (χ1) is 9.61. The summed E-state index contributed by atoms with van der Waals surface area (Å²) in [5.41, 5.74) is 1.87. The van der Waals surface area contributed by atoms with Crippen LogP contribution >= 0.6 is 0 Å². The predicted molar refractivity (Wildman–Crippen MR) is 75.4 cm³/mol. The second-order valence-electron chi connectivity index (χ2n) is 5.22. The monoisotopic (exact) mass is 275 g/mol. The summed E-state index contributed by atoms with van der Waals surface area (Å²) in [5, 5.41) is 8.34. The average Bonchev–Trinajstić information content (AvgIpc) is 3.07. The number of carbonyl (C=O) groups excluding carboxylic acids is 1. The Bertz CT molecular complexity index is 546. The van der Waals surface area contributed by atoms with Gasteiger partial charge in [0.2, 0.25) is 0 Å². The number of aromatic nitrogens is 5. The average molecular weight is 275 g/mol. The fourth-order valence-corrected chi connectivity index (χ4v) is 2.28. The van der Waals surface area contributed by atoms with Crippen molar-refractivity contribution in [3.63, 3.8) is 0 Å². The first kappa shape index (κ1) is 14.4. The van der Waals surface area contributed by atoms with Crippen LogP contribution in [0.4, 0.5) is 0 Å². The maximum Gasteiger partial charge on any atom is 0.154 e. The van der Waals surface area contributed by atoms with Crippen LogP contribution in [0, 0.1) is 0 Å². The van der Waals surface area contributed by atoms with Gasteiger partial charge in [0.1, 0.15) is 6.04 Å². The molecule has 0 aliphatic heterocycles. The molecule has 0 amide bonds. The summed E-state index contributed by atoms with van der Waals surface area (Å²) in [6.45, 7) is 5.87. The van der Waals surface area contributed by atoms with Crippen LogP contribution in [0.5, 0.6) is 0 Å². The van der Waals surface area contributed by atoms with Gasteiger partial charge in [0.15, 0.2) is 5.78 Å². The second kappa shape index (κ2) is 6.45. The number of ketones is 1. The molecule has 0 spiro atoms. The van der Waals surface area contributed by atoms with Crippen LogP contribution in [0.15, 0.2) is 18.7 Å². The Labute approximate surface area is 118 Å². The van der Waals surface area contributed by atoms with Crippen LogP contribution < -0.4 is 0 Å². The highest BCUT2D eigenvalue weighted by atomic mass is 16.1. The lowest BCUT2D eigenvalue weighted by molar-refractivity contribution is -0.120. The van der Waals surface area contributed by atoms with Crippen molar-refractivity contribution in [1.29, 1.82) is 0 Å². The Kier molecular flexibility index (Phi) is 4.65. The number of Topliss-reactive ketones (excluding diaryl/α,β-unsaturated/α-hetero) is 1. The molecule has 1 unspecified atom stereocenters. The van der Waals surface area contributed by atoms with Crippen molar-refractivity contribution in [1.82, 2.24) is 25.0 Å². The number of aromatic amines is 1. The number of hydrogen-bond donors (Lipinski definition) is 1. The summed E-state index contributed by atoms with van der Waals surface area (Å²) in [4.78, 5) is 18.8. The Balaban J connectivity index is 2.15. The van der Waals surface area contributed by atoms with Gasteiger partial charge in [-0.15, -0.1) is 5.10 Å². The van der Waals surface area contributed by atoms with Gasteiger partial charge in [-0.2, -0.15) is 0 Å². The van der Waals surface area contributed by atoms with E-state index >= 15 is 0 Å². The third-order valence-electron chi connectivity index (χ3n) is 3.51. The van der Waals surface area contributed by atoms with E-state index in [9.17, 15) is 4.79 Å². The van der Waals surface area contributed by atoms with Crippen LogP contribution in [0.3, 0.4) is 0 Å². The van der Waals surface area contributed by atoms with E-state index in [0.29, 0.717) is 12.3 Å². The largest absolute Gasteiger partial charge is 0.348 e. The summed E-state index contributed by atoms with van der Waals surface area (Å²) < 4.78 is 1.67. The molecule has 2 aromatic rings. The van der Waals surface area contributed by atoms with Gasteiger partial charge in [-0.3, -0.25) is 4.79 Å². The highest BCUT2D eigenvalue weighted by Gasteiger charge is 2.20. The fourth-order valence-electron chi connectivity index (χ4n) is 2.28. The van der Waals surface area contributed by atoms with Gasteiger partial charge in [-0.05, 0) is 13.3 Å². The Morgan fingerprint density at radius 2 is 2.30 bits per heavy atom. The number of rotatable bonds is 7. The SMILES string of the molecule is CCCC(C)c1cn([C@@H](Cc2cnc[nH]2)C(C)=O)nn1. The molecule has 6 heteroatoms. The lowest BCUT2D eigenvalue weighted by atomic mass is 10.0. The topological polar surface area (TPSA) is 76.5 Å². The quantitative estimate of drug-likeness (QED) is 0.841. The minimum absolute atomic E-state index is 0.0687. The highest BCUT2D eigenvalue weighted by Crippen LogP contribution is 2.20. The molecular weight excluding hydrogens is 254 g/mol. The molecule has 0 saturated heterocycles. The number of hydrogen-bond acceptors (Lipinski definition) is 4. The van der Waals surface area contributed by atoms with Crippen molar-refractivity contribution in [3.8, 4) is 0 Å². The molecule has 6 nitrogen and oxygen atoms in total.